The van der Waals surface area contributed by atoms with Crippen molar-refractivity contribution >= 4 is 22.5 Å². The fraction of sp³-hybridized carbons (Fsp3) is 0.276. The Labute approximate surface area is 211 Å². The first-order chi connectivity index (χ1) is 17.6. The van der Waals surface area contributed by atoms with Gasteiger partial charge in [0.05, 0.1) is 12.3 Å². The van der Waals surface area contributed by atoms with Crippen LogP contribution < -0.4 is 14.4 Å². The van der Waals surface area contributed by atoms with Crippen molar-refractivity contribution in [2.75, 3.05) is 37.7 Å². The van der Waals surface area contributed by atoms with Crippen LogP contribution in [0.25, 0.3) is 22.0 Å². The number of fused-ring (bicyclic) bond motifs is 1. The van der Waals surface area contributed by atoms with Gasteiger partial charge in [0.1, 0.15) is 11.5 Å². The second kappa shape index (κ2) is 10.6. The molecule has 1 amide bonds. The van der Waals surface area contributed by atoms with E-state index in [1.807, 2.05) is 60.4 Å². The molecule has 0 radical (unpaired) electrons. The van der Waals surface area contributed by atoms with Gasteiger partial charge >= 0.3 is 0 Å². The molecule has 1 aliphatic rings. The second-order valence-corrected chi connectivity index (χ2v) is 8.82. The summed E-state index contributed by atoms with van der Waals surface area (Å²) in [6.07, 6.45) is -0.575. The van der Waals surface area contributed by atoms with E-state index in [0.717, 1.165) is 22.8 Å². The van der Waals surface area contributed by atoms with Gasteiger partial charge in [-0.05, 0) is 55.0 Å². The van der Waals surface area contributed by atoms with Gasteiger partial charge in [0, 0.05) is 37.8 Å². The Kier molecular flexibility index (Phi) is 6.98. The topological polar surface area (TPSA) is 67.8 Å². The molecule has 184 valence electrons. The van der Waals surface area contributed by atoms with Crippen molar-refractivity contribution in [3.05, 3.63) is 78.9 Å². The maximum Gasteiger partial charge on any atom is 0.263 e. The van der Waals surface area contributed by atoms with Gasteiger partial charge in [-0.15, -0.1) is 10.2 Å². The van der Waals surface area contributed by atoms with Crippen molar-refractivity contribution in [2.45, 2.75) is 20.0 Å². The van der Waals surface area contributed by atoms with E-state index in [-0.39, 0.29) is 5.91 Å². The fourth-order valence-corrected chi connectivity index (χ4v) is 4.47. The normalized spacial score (nSPS) is 14.5. The highest BCUT2D eigenvalue weighted by molar-refractivity contribution is 5.86. The summed E-state index contributed by atoms with van der Waals surface area (Å²) in [5.41, 5.74) is 1.89. The molecular formula is C29H30N4O3. The Morgan fingerprint density at radius 3 is 2.39 bits per heavy atom. The van der Waals surface area contributed by atoms with Crippen LogP contribution >= 0.6 is 0 Å². The van der Waals surface area contributed by atoms with Crippen molar-refractivity contribution < 1.29 is 14.3 Å². The predicted molar refractivity (Wildman–Crippen MR) is 141 cm³/mol. The molecule has 7 nitrogen and oxygen atoms in total. The first-order valence-corrected chi connectivity index (χ1v) is 12.4. The summed E-state index contributed by atoms with van der Waals surface area (Å²) >= 11 is 0. The van der Waals surface area contributed by atoms with E-state index in [0.29, 0.717) is 38.5 Å². The summed E-state index contributed by atoms with van der Waals surface area (Å²) < 4.78 is 11.4. The average molecular weight is 483 g/mol. The number of aromatic nitrogens is 2. The number of ether oxygens (including phenoxy) is 2. The molecule has 5 rings (SSSR count). The first-order valence-electron chi connectivity index (χ1n) is 12.4. The van der Waals surface area contributed by atoms with Gasteiger partial charge in [0.25, 0.3) is 5.91 Å². The first kappa shape index (κ1) is 23.6. The Hall–Kier alpha value is -4.13. The third-order valence-electron chi connectivity index (χ3n) is 6.39. The highest BCUT2D eigenvalue weighted by Crippen LogP contribution is 2.24. The van der Waals surface area contributed by atoms with E-state index in [9.17, 15) is 4.79 Å². The second-order valence-electron chi connectivity index (χ2n) is 8.82. The lowest BCUT2D eigenvalue weighted by atomic mass is 10.1. The lowest BCUT2D eigenvalue weighted by molar-refractivity contribution is -0.138. The van der Waals surface area contributed by atoms with Crippen molar-refractivity contribution in [3.8, 4) is 22.8 Å². The number of carbonyl (C=O) groups is 1. The molecule has 7 heteroatoms. The van der Waals surface area contributed by atoms with Gasteiger partial charge < -0.3 is 19.3 Å². The largest absolute Gasteiger partial charge is 0.494 e. The number of hydrogen-bond acceptors (Lipinski definition) is 6. The number of carbonyl (C=O) groups excluding carboxylic acids is 1. The van der Waals surface area contributed by atoms with E-state index in [1.54, 1.807) is 6.92 Å². The van der Waals surface area contributed by atoms with Crippen LogP contribution in [-0.4, -0.2) is 59.9 Å². The Balaban J connectivity index is 1.17. The maximum absolute atomic E-state index is 13.0. The lowest BCUT2D eigenvalue weighted by Crippen LogP contribution is -2.52. The van der Waals surface area contributed by atoms with E-state index in [2.05, 4.69) is 45.4 Å². The number of benzene rings is 3. The number of nitrogens with zero attached hydrogens (tertiary/aromatic N) is 4. The minimum atomic E-state index is -0.575. The molecule has 0 aliphatic carbocycles. The van der Waals surface area contributed by atoms with Gasteiger partial charge in [0.15, 0.2) is 11.9 Å². The molecule has 36 heavy (non-hydrogen) atoms. The minimum Gasteiger partial charge on any atom is -0.494 e. The summed E-state index contributed by atoms with van der Waals surface area (Å²) in [4.78, 5) is 17.0. The lowest BCUT2D eigenvalue weighted by Gasteiger charge is -2.36. The van der Waals surface area contributed by atoms with Gasteiger partial charge in [-0.25, -0.2) is 0 Å². The zero-order chi connectivity index (χ0) is 24.9. The molecule has 4 aromatic rings. The van der Waals surface area contributed by atoms with E-state index < -0.39 is 6.10 Å². The standard InChI is InChI=1S/C29H30N4O3/c1-3-35-25-9-6-10-26(20-25)36-21(2)29(34)33-17-15-32(16-18-33)28-14-13-27(30-31-28)24-12-11-22-7-4-5-8-23(22)19-24/h4-14,19-21H,3,15-18H2,1-2H3. The van der Waals surface area contributed by atoms with Crippen LogP contribution in [0.1, 0.15) is 13.8 Å². The summed E-state index contributed by atoms with van der Waals surface area (Å²) in [6.45, 7) is 6.92. The van der Waals surface area contributed by atoms with Crippen LogP contribution in [0.3, 0.4) is 0 Å². The van der Waals surface area contributed by atoms with Crippen molar-refractivity contribution in [3.63, 3.8) is 0 Å². The molecule has 0 saturated carbocycles. The molecule has 1 unspecified atom stereocenters. The molecular weight excluding hydrogens is 452 g/mol. The molecule has 1 saturated heterocycles. The van der Waals surface area contributed by atoms with E-state index in [1.165, 1.54) is 10.8 Å². The van der Waals surface area contributed by atoms with Gasteiger partial charge in [-0.3, -0.25) is 4.79 Å². The fourth-order valence-electron chi connectivity index (χ4n) is 4.47. The van der Waals surface area contributed by atoms with Gasteiger partial charge in [-0.2, -0.15) is 0 Å². The number of anilines is 1. The molecule has 0 bridgehead atoms. The third-order valence-corrected chi connectivity index (χ3v) is 6.39. The molecule has 0 N–H and O–H groups in total. The number of rotatable bonds is 7. The summed E-state index contributed by atoms with van der Waals surface area (Å²) in [5, 5.41) is 11.3. The van der Waals surface area contributed by atoms with E-state index in [4.69, 9.17) is 9.47 Å². The van der Waals surface area contributed by atoms with Crippen molar-refractivity contribution in [1.82, 2.24) is 15.1 Å². The molecule has 1 aromatic heterocycles. The maximum atomic E-state index is 13.0. The Bertz CT molecular complexity index is 1330. The minimum absolute atomic E-state index is 0.0193. The molecule has 2 heterocycles. The molecule has 1 aliphatic heterocycles. The smallest absolute Gasteiger partial charge is 0.263 e. The van der Waals surface area contributed by atoms with Crippen LogP contribution in [0.4, 0.5) is 5.82 Å². The molecule has 1 fully saturated rings. The van der Waals surface area contributed by atoms with Gasteiger partial charge in [-0.1, -0.05) is 42.5 Å². The summed E-state index contributed by atoms with van der Waals surface area (Å²) in [7, 11) is 0. The Morgan fingerprint density at radius 1 is 0.861 bits per heavy atom. The number of piperazine rings is 1. The van der Waals surface area contributed by atoms with Crippen LogP contribution in [0, 0.1) is 0 Å². The zero-order valence-electron chi connectivity index (χ0n) is 20.6. The quantitative estimate of drug-likeness (QED) is 0.377. The van der Waals surface area contributed by atoms with Crippen molar-refractivity contribution in [1.29, 1.82) is 0 Å². The van der Waals surface area contributed by atoms with Crippen LogP contribution in [0.2, 0.25) is 0 Å². The average Bonchev–Trinajstić information content (AvgIpc) is 2.93. The predicted octanol–water partition coefficient (Wildman–Crippen LogP) is 4.81. The zero-order valence-corrected chi connectivity index (χ0v) is 20.6. The van der Waals surface area contributed by atoms with Crippen molar-refractivity contribution in [2.24, 2.45) is 0 Å². The molecule has 3 aromatic carbocycles. The van der Waals surface area contributed by atoms with Crippen LogP contribution in [0.15, 0.2) is 78.9 Å². The number of amides is 1. The number of hydrogen-bond donors (Lipinski definition) is 0. The van der Waals surface area contributed by atoms with Crippen LogP contribution in [0.5, 0.6) is 11.5 Å². The Morgan fingerprint density at radius 2 is 1.64 bits per heavy atom. The highest BCUT2D eigenvalue weighted by Gasteiger charge is 2.26. The van der Waals surface area contributed by atoms with Crippen LogP contribution in [-0.2, 0) is 4.79 Å². The van der Waals surface area contributed by atoms with E-state index >= 15 is 0 Å². The summed E-state index contributed by atoms with van der Waals surface area (Å²) in [6, 6.07) is 26.0. The third kappa shape index (κ3) is 5.25. The van der Waals surface area contributed by atoms with Gasteiger partial charge in [0.2, 0.25) is 0 Å². The summed E-state index contributed by atoms with van der Waals surface area (Å²) in [5.74, 6) is 2.16. The SMILES string of the molecule is CCOc1cccc(OC(C)C(=O)N2CCN(c3ccc(-c4ccc5ccccc5c4)nn3)CC2)c1. The highest BCUT2D eigenvalue weighted by atomic mass is 16.5. The monoisotopic (exact) mass is 482 g/mol. The molecule has 1 atom stereocenters. The molecule has 0 spiro atoms.